The molecular weight excluding hydrogens is 104 g/mol. The lowest BCUT2D eigenvalue weighted by Gasteiger charge is -2.17. The number of rotatable bonds is 0. The topological polar surface area (TPSA) is 18.5 Å². The summed E-state index contributed by atoms with van der Waals surface area (Å²) in [5.41, 5.74) is 0.956. The van der Waals surface area contributed by atoms with Gasteiger partial charge in [0.15, 0.2) is 0 Å². The van der Waals surface area contributed by atoms with E-state index >= 15 is 0 Å². The van der Waals surface area contributed by atoms with E-state index in [0.717, 1.165) is 5.57 Å². The van der Waals surface area contributed by atoms with Gasteiger partial charge in [0.05, 0.1) is 0 Å². The molecular formula is C6H8O2. The quantitative estimate of drug-likeness (QED) is 0.436. The van der Waals surface area contributed by atoms with Gasteiger partial charge in [-0.1, -0.05) is 6.58 Å². The molecule has 2 heteroatoms. The van der Waals surface area contributed by atoms with Gasteiger partial charge in [0.2, 0.25) is 0 Å². The highest BCUT2D eigenvalue weighted by atomic mass is 16.7. The van der Waals surface area contributed by atoms with Crippen molar-refractivity contribution in [2.24, 2.45) is 0 Å². The van der Waals surface area contributed by atoms with Crippen LogP contribution in [0.15, 0.2) is 24.7 Å². The maximum absolute atomic E-state index is 4.87. The summed E-state index contributed by atoms with van der Waals surface area (Å²) >= 11 is 0. The van der Waals surface area contributed by atoms with Crippen LogP contribution in [-0.4, -0.2) is 13.2 Å². The first-order valence-corrected chi connectivity index (χ1v) is 2.40. The molecule has 1 saturated heterocycles. The van der Waals surface area contributed by atoms with Crippen molar-refractivity contribution in [1.29, 1.82) is 0 Å². The molecule has 0 radical (unpaired) electrons. The third-order valence-electron chi connectivity index (χ3n) is 0.875. The van der Waals surface area contributed by atoms with Crippen LogP contribution in [-0.2, 0) is 9.47 Å². The van der Waals surface area contributed by atoms with E-state index in [4.69, 9.17) is 9.47 Å². The molecule has 0 unspecified atom stereocenters. The molecule has 0 aromatic heterocycles. The fraction of sp³-hybridized carbons (Fsp3) is 0.333. The van der Waals surface area contributed by atoms with Crippen molar-refractivity contribution >= 4 is 0 Å². The van der Waals surface area contributed by atoms with Crippen LogP contribution in [0.5, 0.6) is 0 Å². The van der Waals surface area contributed by atoms with Crippen LogP contribution in [0.3, 0.4) is 0 Å². The summed E-state index contributed by atoms with van der Waals surface area (Å²) in [6.45, 7) is 8.23. The number of ether oxygens (including phenoxy) is 2. The molecule has 0 aromatic carbocycles. The zero-order chi connectivity index (χ0) is 5.98. The standard InChI is InChI=1S/C6H8O2/c1-5-3-7-6(2)8-4-5/h1-4H2. The van der Waals surface area contributed by atoms with Crippen LogP contribution in [0.25, 0.3) is 0 Å². The molecule has 0 aromatic rings. The van der Waals surface area contributed by atoms with Crippen LogP contribution in [0.4, 0.5) is 0 Å². The third kappa shape index (κ3) is 1.03. The first-order valence-electron chi connectivity index (χ1n) is 2.40. The van der Waals surface area contributed by atoms with Crippen molar-refractivity contribution in [2.45, 2.75) is 0 Å². The van der Waals surface area contributed by atoms with Gasteiger partial charge in [-0.25, -0.2) is 0 Å². The van der Waals surface area contributed by atoms with Crippen molar-refractivity contribution in [3.63, 3.8) is 0 Å². The molecule has 1 aliphatic rings. The summed E-state index contributed by atoms with van der Waals surface area (Å²) in [7, 11) is 0. The predicted molar refractivity (Wildman–Crippen MR) is 30.2 cm³/mol. The monoisotopic (exact) mass is 112 g/mol. The van der Waals surface area contributed by atoms with Gasteiger partial charge in [-0.3, -0.25) is 0 Å². The van der Waals surface area contributed by atoms with E-state index in [1.807, 2.05) is 0 Å². The molecule has 0 bridgehead atoms. The van der Waals surface area contributed by atoms with E-state index < -0.39 is 0 Å². The largest absolute Gasteiger partial charge is 0.461 e. The Morgan fingerprint density at radius 1 is 1.12 bits per heavy atom. The molecule has 44 valence electrons. The fourth-order valence-corrected chi connectivity index (χ4v) is 0.448. The Labute approximate surface area is 48.4 Å². The van der Waals surface area contributed by atoms with Gasteiger partial charge in [-0.2, -0.15) is 0 Å². The second-order valence-corrected chi connectivity index (χ2v) is 1.70. The first kappa shape index (κ1) is 5.22. The van der Waals surface area contributed by atoms with E-state index in [2.05, 4.69) is 13.2 Å². The zero-order valence-electron chi connectivity index (χ0n) is 4.64. The molecule has 2 nitrogen and oxygen atoms in total. The summed E-state index contributed by atoms with van der Waals surface area (Å²) in [6, 6.07) is 0. The summed E-state index contributed by atoms with van der Waals surface area (Å²) < 4.78 is 9.75. The third-order valence-corrected chi connectivity index (χ3v) is 0.875. The first-order chi connectivity index (χ1) is 3.79. The highest BCUT2D eigenvalue weighted by Gasteiger charge is 2.05. The Balaban J connectivity index is 2.40. The average molecular weight is 112 g/mol. The highest BCUT2D eigenvalue weighted by Crippen LogP contribution is 2.08. The summed E-state index contributed by atoms with van der Waals surface area (Å²) in [5.74, 6) is 0.400. The second-order valence-electron chi connectivity index (χ2n) is 1.70. The molecule has 0 spiro atoms. The molecule has 0 atom stereocenters. The van der Waals surface area contributed by atoms with Crippen LogP contribution in [0.1, 0.15) is 0 Å². The fourth-order valence-electron chi connectivity index (χ4n) is 0.448. The maximum atomic E-state index is 4.87. The van der Waals surface area contributed by atoms with Crippen LogP contribution in [0.2, 0.25) is 0 Å². The Kier molecular flexibility index (Phi) is 1.24. The minimum atomic E-state index is 0.400. The predicted octanol–water partition coefficient (Wildman–Crippen LogP) is 1.06. The van der Waals surface area contributed by atoms with Crippen LogP contribution < -0.4 is 0 Å². The van der Waals surface area contributed by atoms with Crippen molar-refractivity contribution in [1.82, 2.24) is 0 Å². The normalized spacial score (nSPS) is 19.5. The molecule has 0 saturated carbocycles. The van der Waals surface area contributed by atoms with Gasteiger partial charge >= 0.3 is 0 Å². The highest BCUT2D eigenvalue weighted by molar-refractivity contribution is 4.99. The van der Waals surface area contributed by atoms with Gasteiger partial charge in [0, 0.05) is 0 Å². The number of hydrogen-bond donors (Lipinski definition) is 0. The lowest BCUT2D eigenvalue weighted by Crippen LogP contribution is -2.11. The summed E-state index contributed by atoms with van der Waals surface area (Å²) in [6.07, 6.45) is 0. The maximum Gasteiger partial charge on any atom is 0.272 e. The Morgan fingerprint density at radius 3 is 2.00 bits per heavy atom. The van der Waals surface area contributed by atoms with Crippen molar-refractivity contribution in [3.8, 4) is 0 Å². The van der Waals surface area contributed by atoms with Gasteiger partial charge < -0.3 is 9.47 Å². The molecule has 0 amide bonds. The molecule has 1 rings (SSSR count). The lowest BCUT2D eigenvalue weighted by molar-refractivity contribution is 0.0208. The molecule has 0 N–H and O–H groups in total. The van der Waals surface area contributed by atoms with Crippen molar-refractivity contribution < 1.29 is 9.47 Å². The summed E-state index contributed by atoms with van der Waals surface area (Å²) in [4.78, 5) is 0. The summed E-state index contributed by atoms with van der Waals surface area (Å²) in [5, 5.41) is 0. The zero-order valence-corrected chi connectivity index (χ0v) is 4.64. The molecule has 1 heterocycles. The van der Waals surface area contributed by atoms with E-state index in [1.165, 1.54) is 0 Å². The minimum absolute atomic E-state index is 0.400. The van der Waals surface area contributed by atoms with E-state index in [-0.39, 0.29) is 0 Å². The molecule has 0 aliphatic carbocycles. The van der Waals surface area contributed by atoms with Gasteiger partial charge in [0.1, 0.15) is 13.2 Å². The SMILES string of the molecule is C=C1COC(=C)OC1. The Hall–Kier alpha value is -0.920. The molecule has 8 heavy (non-hydrogen) atoms. The number of hydrogen-bond acceptors (Lipinski definition) is 2. The van der Waals surface area contributed by atoms with E-state index in [0.29, 0.717) is 19.2 Å². The van der Waals surface area contributed by atoms with E-state index in [9.17, 15) is 0 Å². The average Bonchev–Trinajstić information content (AvgIpc) is 1.77. The van der Waals surface area contributed by atoms with Gasteiger partial charge in [0.25, 0.3) is 5.95 Å². The van der Waals surface area contributed by atoms with Crippen LogP contribution in [0, 0.1) is 0 Å². The second kappa shape index (κ2) is 1.90. The van der Waals surface area contributed by atoms with Crippen molar-refractivity contribution in [2.75, 3.05) is 13.2 Å². The lowest BCUT2D eigenvalue weighted by atomic mass is 10.3. The minimum Gasteiger partial charge on any atom is -0.461 e. The van der Waals surface area contributed by atoms with E-state index in [1.54, 1.807) is 0 Å². The Morgan fingerprint density at radius 2 is 1.62 bits per heavy atom. The Bertz CT molecular complexity index is 98.5. The van der Waals surface area contributed by atoms with Gasteiger partial charge in [-0.15, -0.1) is 0 Å². The molecule has 1 fully saturated rings. The van der Waals surface area contributed by atoms with Gasteiger partial charge in [-0.05, 0) is 12.2 Å². The van der Waals surface area contributed by atoms with Crippen LogP contribution >= 0.6 is 0 Å². The van der Waals surface area contributed by atoms with Crippen molar-refractivity contribution in [3.05, 3.63) is 24.7 Å². The smallest absolute Gasteiger partial charge is 0.272 e. The molecule has 1 aliphatic heterocycles.